The van der Waals surface area contributed by atoms with Crippen LogP contribution in [-0.2, 0) is 0 Å². The highest BCUT2D eigenvalue weighted by molar-refractivity contribution is 9.09. The molecule has 0 spiro atoms. The molecule has 1 saturated heterocycles. The van der Waals surface area contributed by atoms with Crippen LogP contribution in [0.5, 0.6) is 0 Å². The van der Waals surface area contributed by atoms with E-state index >= 15 is 0 Å². The zero-order valence-corrected chi connectivity index (χ0v) is 13.6. The fraction of sp³-hybridized carbons (Fsp3) is 1.00. The molecular formula is C14H28BrN3. The van der Waals surface area contributed by atoms with Gasteiger partial charge in [0.05, 0.1) is 0 Å². The van der Waals surface area contributed by atoms with Crippen molar-refractivity contribution in [1.82, 2.24) is 14.7 Å². The predicted molar refractivity (Wildman–Crippen MR) is 81.5 cm³/mol. The van der Waals surface area contributed by atoms with Gasteiger partial charge in [-0.15, -0.1) is 0 Å². The Labute approximate surface area is 121 Å². The lowest BCUT2D eigenvalue weighted by molar-refractivity contribution is 0.0528. The third-order valence-electron chi connectivity index (χ3n) is 4.59. The van der Waals surface area contributed by atoms with Gasteiger partial charge in [-0.2, -0.15) is 0 Å². The Morgan fingerprint density at radius 1 is 1.06 bits per heavy atom. The van der Waals surface area contributed by atoms with Crippen molar-refractivity contribution in [2.75, 3.05) is 65.2 Å². The molecule has 0 bridgehead atoms. The number of piperazine rings is 1. The molecule has 0 radical (unpaired) electrons. The Bertz CT molecular complexity index is 240. The quantitative estimate of drug-likeness (QED) is 0.691. The standard InChI is InChI=1S/C14H28BrN3/c1-16(2)6-7-17-8-10-18(11-9-17)13-14(12-15)4-3-5-14/h3-13H2,1-2H3. The summed E-state index contributed by atoms with van der Waals surface area (Å²) in [6.07, 6.45) is 4.30. The second-order valence-corrected chi connectivity index (χ2v) is 6.97. The Morgan fingerprint density at radius 3 is 2.11 bits per heavy atom. The van der Waals surface area contributed by atoms with Gasteiger partial charge in [0, 0.05) is 51.1 Å². The summed E-state index contributed by atoms with van der Waals surface area (Å²) in [5.74, 6) is 0. The molecule has 106 valence electrons. The van der Waals surface area contributed by atoms with E-state index in [1.54, 1.807) is 0 Å². The molecule has 0 unspecified atom stereocenters. The number of halogens is 1. The van der Waals surface area contributed by atoms with Crippen LogP contribution in [-0.4, -0.2) is 79.9 Å². The van der Waals surface area contributed by atoms with Gasteiger partial charge in [0.2, 0.25) is 0 Å². The zero-order valence-electron chi connectivity index (χ0n) is 12.0. The fourth-order valence-electron chi connectivity index (χ4n) is 3.00. The minimum Gasteiger partial charge on any atom is -0.308 e. The SMILES string of the molecule is CN(C)CCN1CCN(CC2(CBr)CCC2)CC1. The Hall–Kier alpha value is 0.360. The Balaban J connectivity index is 1.67. The van der Waals surface area contributed by atoms with E-state index in [9.17, 15) is 0 Å². The average molecular weight is 318 g/mol. The summed E-state index contributed by atoms with van der Waals surface area (Å²) in [5.41, 5.74) is 0.617. The van der Waals surface area contributed by atoms with E-state index < -0.39 is 0 Å². The van der Waals surface area contributed by atoms with E-state index in [0.717, 1.165) is 0 Å². The number of hydrogen-bond donors (Lipinski definition) is 0. The Kier molecular flexibility index (Phi) is 5.48. The zero-order chi connectivity index (χ0) is 13.0. The first kappa shape index (κ1) is 14.8. The van der Waals surface area contributed by atoms with Crippen LogP contribution in [0.3, 0.4) is 0 Å². The smallest absolute Gasteiger partial charge is 0.0110 e. The second kappa shape index (κ2) is 6.69. The maximum absolute atomic E-state index is 3.72. The van der Waals surface area contributed by atoms with Crippen molar-refractivity contribution in [2.24, 2.45) is 5.41 Å². The molecule has 3 nitrogen and oxygen atoms in total. The summed E-state index contributed by atoms with van der Waals surface area (Å²) in [6.45, 7) is 8.78. The first-order valence-electron chi connectivity index (χ1n) is 7.29. The highest BCUT2D eigenvalue weighted by atomic mass is 79.9. The van der Waals surface area contributed by atoms with E-state index in [1.807, 2.05) is 0 Å². The van der Waals surface area contributed by atoms with Crippen molar-refractivity contribution in [3.63, 3.8) is 0 Å². The second-order valence-electron chi connectivity index (χ2n) is 6.41. The van der Waals surface area contributed by atoms with E-state index in [0.29, 0.717) is 5.41 Å². The number of hydrogen-bond acceptors (Lipinski definition) is 3. The summed E-state index contributed by atoms with van der Waals surface area (Å²) >= 11 is 3.72. The maximum atomic E-state index is 3.72. The maximum Gasteiger partial charge on any atom is 0.0110 e. The van der Waals surface area contributed by atoms with Crippen LogP contribution in [0.25, 0.3) is 0 Å². The summed E-state index contributed by atoms with van der Waals surface area (Å²) in [6, 6.07) is 0. The van der Waals surface area contributed by atoms with Gasteiger partial charge >= 0.3 is 0 Å². The summed E-state index contributed by atoms with van der Waals surface area (Å²) in [7, 11) is 4.32. The van der Waals surface area contributed by atoms with Gasteiger partial charge in [-0.3, -0.25) is 4.90 Å². The molecule has 18 heavy (non-hydrogen) atoms. The third kappa shape index (κ3) is 3.92. The Morgan fingerprint density at radius 2 is 1.67 bits per heavy atom. The van der Waals surface area contributed by atoms with Crippen LogP contribution in [0, 0.1) is 5.41 Å². The van der Waals surface area contributed by atoms with E-state index in [2.05, 4.69) is 44.7 Å². The molecule has 0 N–H and O–H groups in total. The predicted octanol–water partition coefficient (Wildman–Crippen LogP) is 1.73. The largest absolute Gasteiger partial charge is 0.308 e. The van der Waals surface area contributed by atoms with Crippen molar-refractivity contribution >= 4 is 15.9 Å². The molecule has 1 aliphatic carbocycles. The van der Waals surface area contributed by atoms with E-state index in [1.165, 1.54) is 70.4 Å². The van der Waals surface area contributed by atoms with Gasteiger partial charge in [0.15, 0.2) is 0 Å². The third-order valence-corrected chi connectivity index (χ3v) is 5.77. The van der Waals surface area contributed by atoms with Gasteiger partial charge in [0.1, 0.15) is 0 Å². The molecule has 2 fully saturated rings. The van der Waals surface area contributed by atoms with Gasteiger partial charge in [-0.1, -0.05) is 22.4 Å². The van der Waals surface area contributed by atoms with Crippen molar-refractivity contribution in [3.05, 3.63) is 0 Å². The van der Waals surface area contributed by atoms with Crippen LogP contribution >= 0.6 is 15.9 Å². The first-order chi connectivity index (χ1) is 8.63. The molecule has 0 aromatic carbocycles. The minimum absolute atomic E-state index is 0.617. The average Bonchev–Trinajstić information content (AvgIpc) is 2.33. The number of alkyl halides is 1. The molecule has 1 heterocycles. The van der Waals surface area contributed by atoms with E-state index in [4.69, 9.17) is 0 Å². The van der Waals surface area contributed by atoms with Gasteiger partial charge in [-0.05, 0) is 32.4 Å². The van der Waals surface area contributed by atoms with Gasteiger partial charge in [0.25, 0.3) is 0 Å². The lowest BCUT2D eigenvalue weighted by Crippen LogP contribution is -2.52. The molecule has 0 aromatic rings. The number of likely N-dealkylation sites (N-methyl/N-ethyl adjacent to an activating group) is 1. The lowest BCUT2D eigenvalue weighted by Gasteiger charge is -2.46. The number of rotatable bonds is 6. The molecule has 4 heteroatoms. The lowest BCUT2D eigenvalue weighted by atomic mass is 9.70. The van der Waals surface area contributed by atoms with Crippen molar-refractivity contribution in [1.29, 1.82) is 0 Å². The van der Waals surface area contributed by atoms with Crippen LogP contribution < -0.4 is 0 Å². The highest BCUT2D eigenvalue weighted by Crippen LogP contribution is 2.43. The molecule has 2 aliphatic rings. The molecule has 0 amide bonds. The molecule has 1 saturated carbocycles. The van der Waals surface area contributed by atoms with Crippen molar-refractivity contribution in [3.8, 4) is 0 Å². The normalized spacial score (nSPS) is 25.3. The monoisotopic (exact) mass is 317 g/mol. The van der Waals surface area contributed by atoms with Crippen molar-refractivity contribution in [2.45, 2.75) is 19.3 Å². The molecule has 1 aliphatic heterocycles. The van der Waals surface area contributed by atoms with Crippen molar-refractivity contribution < 1.29 is 0 Å². The molecular weight excluding hydrogens is 290 g/mol. The molecule has 0 aromatic heterocycles. The van der Waals surface area contributed by atoms with Crippen LogP contribution in [0.1, 0.15) is 19.3 Å². The highest BCUT2D eigenvalue weighted by Gasteiger charge is 2.37. The van der Waals surface area contributed by atoms with Crippen LogP contribution in [0.4, 0.5) is 0 Å². The molecule has 0 atom stereocenters. The first-order valence-corrected chi connectivity index (χ1v) is 8.41. The minimum atomic E-state index is 0.617. The fourth-order valence-corrected chi connectivity index (χ4v) is 3.74. The van der Waals surface area contributed by atoms with Crippen LogP contribution in [0.2, 0.25) is 0 Å². The van der Waals surface area contributed by atoms with E-state index in [-0.39, 0.29) is 0 Å². The summed E-state index contributed by atoms with van der Waals surface area (Å²) in [4.78, 5) is 7.57. The van der Waals surface area contributed by atoms with Gasteiger partial charge in [-0.25, -0.2) is 0 Å². The molecule has 2 rings (SSSR count). The topological polar surface area (TPSA) is 9.72 Å². The summed E-state index contributed by atoms with van der Waals surface area (Å²) in [5, 5.41) is 1.20. The number of nitrogens with zero attached hydrogens (tertiary/aromatic N) is 3. The summed E-state index contributed by atoms with van der Waals surface area (Å²) < 4.78 is 0. The van der Waals surface area contributed by atoms with Crippen LogP contribution in [0.15, 0.2) is 0 Å². The van der Waals surface area contributed by atoms with Gasteiger partial charge < -0.3 is 9.80 Å².